The lowest BCUT2D eigenvalue weighted by Crippen LogP contribution is -2.02. The monoisotopic (exact) mass is 335 g/mol. The lowest BCUT2D eigenvalue weighted by atomic mass is 10.0. The van der Waals surface area contributed by atoms with Crippen LogP contribution in [0, 0.1) is 0 Å². The quantitative estimate of drug-likeness (QED) is 0.472. The molecule has 0 fully saturated rings. The van der Waals surface area contributed by atoms with Crippen molar-refractivity contribution in [2.75, 3.05) is 6.54 Å². The molecule has 1 rings (SSSR count). The molecule has 0 atom stereocenters. The minimum absolute atomic E-state index is 0.315. The van der Waals surface area contributed by atoms with Gasteiger partial charge in [-0.3, -0.25) is 0 Å². The van der Waals surface area contributed by atoms with Crippen molar-refractivity contribution in [3.05, 3.63) is 60.7 Å². The fraction of sp³-hybridized carbons (Fsp3) is 0.455. The van der Waals surface area contributed by atoms with Gasteiger partial charge in [0.05, 0.1) is 0 Å². The van der Waals surface area contributed by atoms with Crippen LogP contribution in [0.15, 0.2) is 49.6 Å². The van der Waals surface area contributed by atoms with Gasteiger partial charge in [0.2, 0.25) is 0 Å². The molecule has 0 spiro atoms. The number of benzene rings is 1. The third-order valence-corrected chi connectivity index (χ3v) is 2.32. The zero-order valence-corrected chi connectivity index (χ0v) is 17.3. The van der Waals surface area contributed by atoms with Gasteiger partial charge in [-0.2, -0.15) is 0 Å². The van der Waals surface area contributed by atoms with Crippen LogP contribution in [-0.4, -0.2) is 11.7 Å². The molecule has 1 aromatic carbocycles. The second-order valence-electron chi connectivity index (χ2n) is 3.88. The van der Waals surface area contributed by atoms with Gasteiger partial charge in [0.1, 0.15) is 5.75 Å². The molecule has 24 heavy (non-hydrogen) atoms. The van der Waals surface area contributed by atoms with Crippen LogP contribution in [0.5, 0.6) is 5.75 Å². The standard InChI is InChI=1S/C13H17NO.C3H6.3C2H6/c1-3-4-10(2)12-6-5-11(7-8-14)13(15)9-12;1-3-2;3*1-2/h3-6,9,15H,1,7-8,14H2,2H3;3H,1H2,2H3;3*1-2H3/b10-4+;;;;. The number of phenols is 1. The number of nitrogens with two attached hydrogens (primary N) is 1. The van der Waals surface area contributed by atoms with Crippen LogP contribution in [0.25, 0.3) is 5.57 Å². The maximum Gasteiger partial charge on any atom is 0.119 e. The first-order chi connectivity index (χ1) is 11.6. The Morgan fingerprint density at radius 1 is 1.08 bits per heavy atom. The van der Waals surface area contributed by atoms with Crippen molar-refractivity contribution in [1.29, 1.82) is 0 Å². The molecule has 2 nitrogen and oxygen atoms in total. The Kier molecular flexibility index (Phi) is 32.8. The zero-order valence-electron chi connectivity index (χ0n) is 17.3. The predicted octanol–water partition coefficient (Wildman–Crippen LogP) is 6.75. The fourth-order valence-corrected chi connectivity index (χ4v) is 1.45. The van der Waals surface area contributed by atoms with Gasteiger partial charge < -0.3 is 10.8 Å². The second kappa shape index (κ2) is 26.1. The van der Waals surface area contributed by atoms with Crippen LogP contribution in [0.1, 0.15) is 66.5 Å². The van der Waals surface area contributed by atoms with E-state index < -0.39 is 0 Å². The average molecular weight is 336 g/mol. The topological polar surface area (TPSA) is 46.2 Å². The van der Waals surface area contributed by atoms with Crippen molar-refractivity contribution in [3.63, 3.8) is 0 Å². The Morgan fingerprint density at radius 3 is 1.88 bits per heavy atom. The van der Waals surface area contributed by atoms with E-state index in [1.165, 1.54) is 0 Å². The lowest BCUT2D eigenvalue weighted by molar-refractivity contribution is 0.468. The molecule has 0 heterocycles. The first kappa shape index (κ1) is 30.1. The van der Waals surface area contributed by atoms with E-state index in [9.17, 15) is 5.11 Å². The van der Waals surface area contributed by atoms with E-state index in [0.29, 0.717) is 18.7 Å². The van der Waals surface area contributed by atoms with Crippen LogP contribution in [0.3, 0.4) is 0 Å². The van der Waals surface area contributed by atoms with Crippen molar-refractivity contribution in [2.24, 2.45) is 5.73 Å². The van der Waals surface area contributed by atoms with Gasteiger partial charge in [-0.25, -0.2) is 0 Å². The molecule has 0 aromatic heterocycles. The Labute approximate surface area is 151 Å². The summed E-state index contributed by atoms with van der Waals surface area (Å²) in [6.45, 7) is 23.4. The van der Waals surface area contributed by atoms with E-state index in [4.69, 9.17) is 5.73 Å². The molecule has 0 radical (unpaired) electrons. The number of aromatic hydroxyl groups is 1. The van der Waals surface area contributed by atoms with E-state index in [1.54, 1.807) is 18.2 Å². The van der Waals surface area contributed by atoms with Crippen molar-refractivity contribution in [3.8, 4) is 5.75 Å². The normalized spacial score (nSPS) is 8.46. The largest absolute Gasteiger partial charge is 0.508 e. The van der Waals surface area contributed by atoms with Crippen LogP contribution >= 0.6 is 0 Å². The Morgan fingerprint density at radius 2 is 1.54 bits per heavy atom. The molecule has 0 aliphatic rings. The summed E-state index contributed by atoms with van der Waals surface area (Å²) in [5.41, 5.74) is 8.43. The number of hydrogen-bond acceptors (Lipinski definition) is 2. The summed E-state index contributed by atoms with van der Waals surface area (Å²) < 4.78 is 0. The SMILES string of the molecule is C=C/C=C(\C)c1ccc(CCN)c(O)c1.C=CC.CC.CC.CC. The van der Waals surface area contributed by atoms with Gasteiger partial charge in [0.25, 0.3) is 0 Å². The Balaban J connectivity index is -0.000000190. The minimum Gasteiger partial charge on any atom is -0.508 e. The van der Waals surface area contributed by atoms with E-state index in [0.717, 1.165) is 16.7 Å². The molecular formula is C22H41NO. The molecule has 0 saturated heterocycles. The van der Waals surface area contributed by atoms with Crippen LogP contribution in [0.2, 0.25) is 0 Å². The van der Waals surface area contributed by atoms with Gasteiger partial charge in [-0.05, 0) is 49.6 Å². The number of phenolic OH excluding ortho intramolecular Hbond substituents is 1. The molecule has 0 amide bonds. The van der Waals surface area contributed by atoms with E-state index in [1.807, 2.05) is 73.6 Å². The molecule has 1 aromatic rings. The summed E-state index contributed by atoms with van der Waals surface area (Å²) in [5.74, 6) is 0.315. The molecule has 3 N–H and O–H groups in total. The highest BCUT2D eigenvalue weighted by atomic mass is 16.3. The number of hydrogen-bond donors (Lipinski definition) is 2. The highest BCUT2D eigenvalue weighted by Gasteiger charge is 2.02. The maximum atomic E-state index is 9.73. The maximum absolute atomic E-state index is 9.73. The Bertz CT molecular complexity index is 420. The molecule has 0 saturated carbocycles. The first-order valence-electron chi connectivity index (χ1n) is 8.99. The highest BCUT2D eigenvalue weighted by molar-refractivity contribution is 5.66. The first-order valence-corrected chi connectivity index (χ1v) is 8.99. The summed E-state index contributed by atoms with van der Waals surface area (Å²) in [4.78, 5) is 0. The summed E-state index contributed by atoms with van der Waals surface area (Å²) >= 11 is 0. The van der Waals surface area contributed by atoms with Crippen molar-refractivity contribution in [2.45, 2.75) is 61.8 Å². The summed E-state index contributed by atoms with van der Waals surface area (Å²) in [7, 11) is 0. The van der Waals surface area contributed by atoms with Crippen molar-refractivity contribution >= 4 is 5.57 Å². The molecule has 0 unspecified atom stereocenters. The summed E-state index contributed by atoms with van der Waals surface area (Å²) in [6.07, 6.45) is 6.11. The molecule has 0 bridgehead atoms. The van der Waals surface area contributed by atoms with E-state index in [-0.39, 0.29) is 0 Å². The van der Waals surface area contributed by atoms with Crippen LogP contribution in [0.4, 0.5) is 0 Å². The van der Waals surface area contributed by atoms with Gasteiger partial charge in [0, 0.05) is 0 Å². The van der Waals surface area contributed by atoms with Crippen LogP contribution in [-0.2, 0) is 6.42 Å². The summed E-state index contributed by atoms with van der Waals surface area (Å²) in [5, 5.41) is 9.73. The lowest BCUT2D eigenvalue weighted by Gasteiger charge is -2.06. The molecule has 140 valence electrons. The average Bonchev–Trinajstić information content (AvgIpc) is 2.63. The predicted molar refractivity (Wildman–Crippen MR) is 115 cm³/mol. The van der Waals surface area contributed by atoms with Gasteiger partial charge in [-0.1, -0.05) is 78.5 Å². The van der Waals surface area contributed by atoms with Gasteiger partial charge >= 0.3 is 0 Å². The van der Waals surface area contributed by atoms with E-state index in [2.05, 4.69) is 13.2 Å². The van der Waals surface area contributed by atoms with Crippen LogP contribution < -0.4 is 5.73 Å². The van der Waals surface area contributed by atoms with Crippen molar-refractivity contribution in [1.82, 2.24) is 0 Å². The smallest absolute Gasteiger partial charge is 0.119 e. The number of allylic oxidation sites excluding steroid dienone is 4. The third-order valence-electron chi connectivity index (χ3n) is 2.32. The van der Waals surface area contributed by atoms with Crippen molar-refractivity contribution < 1.29 is 5.11 Å². The van der Waals surface area contributed by atoms with Gasteiger partial charge in [0.15, 0.2) is 0 Å². The Hall–Kier alpha value is -1.80. The zero-order chi connectivity index (χ0) is 20.0. The van der Waals surface area contributed by atoms with E-state index >= 15 is 0 Å². The summed E-state index contributed by atoms with van der Waals surface area (Å²) in [6, 6.07) is 5.67. The fourth-order valence-electron chi connectivity index (χ4n) is 1.45. The highest BCUT2D eigenvalue weighted by Crippen LogP contribution is 2.23. The molecule has 2 heteroatoms. The van der Waals surface area contributed by atoms with Gasteiger partial charge in [-0.15, -0.1) is 6.58 Å². The molecular weight excluding hydrogens is 294 g/mol. The number of rotatable bonds is 4. The molecule has 0 aliphatic carbocycles. The third kappa shape index (κ3) is 16.6. The second-order valence-corrected chi connectivity index (χ2v) is 3.88. The molecule has 0 aliphatic heterocycles. The minimum atomic E-state index is 0.315.